The van der Waals surface area contributed by atoms with Crippen molar-refractivity contribution >= 4 is 33.3 Å². The second-order valence-electron chi connectivity index (χ2n) is 6.88. The molecule has 1 atom stereocenters. The zero-order valence-corrected chi connectivity index (χ0v) is 18.2. The number of hydrogen-bond acceptors (Lipinski definition) is 5. The van der Waals surface area contributed by atoms with Crippen molar-refractivity contribution in [1.82, 2.24) is 10.6 Å². The summed E-state index contributed by atoms with van der Waals surface area (Å²) in [5.74, 6) is -1.65. The second kappa shape index (κ2) is 9.80. The zero-order chi connectivity index (χ0) is 22.4. The highest BCUT2D eigenvalue weighted by Gasteiger charge is 2.32. The summed E-state index contributed by atoms with van der Waals surface area (Å²) in [5.41, 5.74) is 1.92. The molecule has 0 saturated heterocycles. The molecule has 2 N–H and O–H groups in total. The summed E-state index contributed by atoms with van der Waals surface area (Å²) in [4.78, 5) is 24.4. The normalized spacial score (nSPS) is 12.2. The number of sulfone groups is 1. The van der Waals surface area contributed by atoms with E-state index in [-0.39, 0.29) is 23.7 Å². The maximum absolute atomic E-state index is 13.1. The molecule has 0 aliphatic heterocycles. The van der Waals surface area contributed by atoms with Crippen LogP contribution in [0.2, 0.25) is 5.02 Å². The molecule has 0 saturated carbocycles. The maximum Gasteiger partial charge on any atom is 0.309 e. The lowest BCUT2D eigenvalue weighted by atomic mass is 10.1. The minimum Gasteiger partial charge on any atom is -0.468 e. The Morgan fingerprint density at radius 2 is 1.61 bits per heavy atom. The number of amides is 2. The summed E-state index contributed by atoms with van der Waals surface area (Å²) in [6, 6.07) is 16.2. The molecular weight excluding hydrogens is 440 g/mol. The standard InChI is InChI=1S/C22H21ClN2O5S/c1-15-4-6-16(7-5-15)13-24-21(26)22(27)25-14-20(19-3-2-12-30-19)31(28,29)18-10-8-17(23)9-11-18/h2-12,20H,13-14H2,1H3,(H,24,26)(H,25,27). The molecule has 162 valence electrons. The average Bonchev–Trinajstić information content (AvgIpc) is 3.27. The fourth-order valence-corrected chi connectivity index (χ4v) is 4.57. The van der Waals surface area contributed by atoms with Gasteiger partial charge in [0, 0.05) is 18.1 Å². The molecule has 0 aliphatic rings. The fourth-order valence-electron chi connectivity index (χ4n) is 2.86. The van der Waals surface area contributed by atoms with E-state index in [2.05, 4.69) is 10.6 Å². The predicted octanol–water partition coefficient (Wildman–Crippen LogP) is 3.19. The van der Waals surface area contributed by atoms with Gasteiger partial charge in [0.2, 0.25) is 0 Å². The van der Waals surface area contributed by atoms with Crippen molar-refractivity contribution < 1.29 is 22.4 Å². The lowest BCUT2D eigenvalue weighted by Crippen LogP contribution is -2.42. The summed E-state index contributed by atoms with van der Waals surface area (Å²) in [6.07, 6.45) is 1.34. The van der Waals surface area contributed by atoms with Gasteiger partial charge in [-0.2, -0.15) is 0 Å². The smallest absolute Gasteiger partial charge is 0.309 e. The topological polar surface area (TPSA) is 105 Å². The average molecular weight is 461 g/mol. The number of carbonyl (C=O) groups is 2. The molecule has 0 bridgehead atoms. The highest BCUT2D eigenvalue weighted by Crippen LogP contribution is 2.29. The molecule has 3 aromatic rings. The highest BCUT2D eigenvalue weighted by atomic mass is 35.5. The van der Waals surface area contributed by atoms with Crippen molar-refractivity contribution in [1.29, 1.82) is 0 Å². The predicted molar refractivity (Wildman–Crippen MR) is 116 cm³/mol. The van der Waals surface area contributed by atoms with E-state index in [1.54, 1.807) is 6.07 Å². The van der Waals surface area contributed by atoms with Gasteiger partial charge in [0.15, 0.2) is 9.84 Å². The third-order valence-electron chi connectivity index (χ3n) is 4.61. The zero-order valence-electron chi connectivity index (χ0n) is 16.7. The van der Waals surface area contributed by atoms with E-state index in [9.17, 15) is 18.0 Å². The van der Waals surface area contributed by atoms with Gasteiger partial charge in [-0.05, 0) is 48.9 Å². The van der Waals surface area contributed by atoms with E-state index >= 15 is 0 Å². The molecule has 1 heterocycles. The Morgan fingerprint density at radius 1 is 0.968 bits per heavy atom. The molecule has 2 amide bonds. The van der Waals surface area contributed by atoms with Crippen molar-refractivity contribution in [2.24, 2.45) is 0 Å². The van der Waals surface area contributed by atoms with E-state index in [0.717, 1.165) is 11.1 Å². The third kappa shape index (κ3) is 5.74. The molecule has 0 aliphatic carbocycles. The van der Waals surface area contributed by atoms with Crippen LogP contribution in [0.25, 0.3) is 0 Å². The van der Waals surface area contributed by atoms with Crippen molar-refractivity contribution in [3.05, 3.63) is 88.8 Å². The Kier molecular flexibility index (Phi) is 7.14. The number of hydrogen-bond donors (Lipinski definition) is 2. The van der Waals surface area contributed by atoms with E-state index in [4.69, 9.17) is 16.0 Å². The van der Waals surface area contributed by atoms with Crippen molar-refractivity contribution in [2.45, 2.75) is 23.6 Å². The second-order valence-corrected chi connectivity index (χ2v) is 9.45. The summed E-state index contributed by atoms with van der Waals surface area (Å²) in [7, 11) is -3.92. The van der Waals surface area contributed by atoms with Gasteiger partial charge >= 0.3 is 11.8 Å². The SMILES string of the molecule is Cc1ccc(CNC(=O)C(=O)NCC(c2ccco2)S(=O)(=O)c2ccc(Cl)cc2)cc1. The Morgan fingerprint density at radius 3 is 2.23 bits per heavy atom. The monoisotopic (exact) mass is 460 g/mol. The number of furan rings is 1. The molecule has 0 fully saturated rings. The summed E-state index contributed by atoms with van der Waals surface area (Å²) >= 11 is 5.85. The van der Waals surface area contributed by atoms with Crippen LogP contribution in [0.3, 0.4) is 0 Å². The Bertz CT molecular complexity index is 1140. The minimum absolute atomic E-state index is 0.0244. The van der Waals surface area contributed by atoms with E-state index in [1.807, 2.05) is 31.2 Å². The molecule has 1 unspecified atom stereocenters. The first-order valence-electron chi connectivity index (χ1n) is 9.42. The first-order chi connectivity index (χ1) is 14.8. The van der Waals surface area contributed by atoms with Crippen LogP contribution >= 0.6 is 11.6 Å². The highest BCUT2D eigenvalue weighted by molar-refractivity contribution is 7.91. The van der Waals surface area contributed by atoms with E-state index in [0.29, 0.717) is 5.02 Å². The minimum atomic E-state index is -3.92. The Hall–Kier alpha value is -3.10. The number of nitrogens with one attached hydrogen (secondary N) is 2. The van der Waals surface area contributed by atoms with Crippen molar-refractivity contribution in [2.75, 3.05) is 6.54 Å². The van der Waals surface area contributed by atoms with Crippen LogP contribution in [0.4, 0.5) is 0 Å². The number of benzene rings is 2. The van der Waals surface area contributed by atoms with Gasteiger partial charge in [-0.15, -0.1) is 0 Å². The number of halogens is 1. The van der Waals surface area contributed by atoms with Gasteiger partial charge in [0.25, 0.3) is 0 Å². The Balaban J connectivity index is 1.68. The molecule has 1 aromatic heterocycles. The molecule has 0 spiro atoms. The summed E-state index contributed by atoms with van der Waals surface area (Å²) in [5, 5.41) is 4.09. The molecule has 2 aromatic carbocycles. The van der Waals surface area contributed by atoms with Crippen molar-refractivity contribution in [3.63, 3.8) is 0 Å². The first-order valence-corrected chi connectivity index (χ1v) is 11.3. The lowest BCUT2D eigenvalue weighted by Gasteiger charge is -2.16. The Labute approximate surface area is 185 Å². The van der Waals surface area contributed by atoms with Gasteiger partial charge in [-0.1, -0.05) is 41.4 Å². The quantitative estimate of drug-likeness (QED) is 0.527. The van der Waals surface area contributed by atoms with Crippen molar-refractivity contribution in [3.8, 4) is 0 Å². The maximum atomic E-state index is 13.1. The van der Waals surface area contributed by atoms with Crippen LogP contribution in [-0.2, 0) is 26.0 Å². The number of rotatable bonds is 7. The molecule has 31 heavy (non-hydrogen) atoms. The molecular formula is C22H21ClN2O5S. The molecule has 3 rings (SSSR count). The van der Waals surface area contributed by atoms with Gasteiger partial charge in [-0.3, -0.25) is 9.59 Å². The van der Waals surface area contributed by atoms with Crippen LogP contribution in [0, 0.1) is 6.92 Å². The number of aryl methyl sites for hydroxylation is 1. The fraction of sp³-hybridized carbons (Fsp3) is 0.182. The van der Waals surface area contributed by atoms with Crippen LogP contribution in [0.1, 0.15) is 22.1 Å². The molecule has 0 radical (unpaired) electrons. The van der Waals surface area contributed by atoms with E-state index in [1.165, 1.54) is 36.6 Å². The lowest BCUT2D eigenvalue weighted by molar-refractivity contribution is -0.139. The van der Waals surface area contributed by atoms with Crippen LogP contribution in [0.5, 0.6) is 0 Å². The van der Waals surface area contributed by atoms with Crippen LogP contribution in [0.15, 0.2) is 76.2 Å². The van der Waals surface area contributed by atoms with Crippen LogP contribution in [-0.4, -0.2) is 26.8 Å². The first kappa shape index (κ1) is 22.6. The largest absolute Gasteiger partial charge is 0.468 e. The number of carbonyl (C=O) groups excluding carboxylic acids is 2. The molecule has 9 heteroatoms. The summed E-state index contributed by atoms with van der Waals surface area (Å²) in [6.45, 7) is 1.79. The van der Waals surface area contributed by atoms with Crippen LogP contribution < -0.4 is 10.6 Å². The third-order valence-corrected chi connectivity index (χ3v) is 6.93. The van der Waals surface area contributed by atoms with Gasteiger partial charge < -0.3 is 15.1 Å². The van der Waals surface area contributed by atoms with E-state index < -0.39 is 26.9 Å². The van der Waals surface area contributed by atoms with Gasteiger partial charge in [0.1, 0.15) is 11.0 Å². The van der Waals surface area contributed by atoms with Gasteiger partial charge in [-0.25, -0.2) is 8.42 Å². The molecule has 7 nitrogen and oxygen atoms in total. The summed E-state index contributed by atoms with van der Waals surface area (Å²) < 4.78 is 31.5. The van der Waals surface area contributed by atoms with Gasteiger partial charge in [0.05, 0.1) is 11.2 Å².